The lowest BCUT2D eigenvalue weighted by Gasteiger charge is -2.33. The zero-order valence-corrected chi connectivity index (χ0v) is 13.5. The summed E-state index contributed by atoms with van der Waals surface area (Å²) in [6.45, 7) is 7.37. The van der Waals surface area contributed by atoms with Crippen molar-refractivity contribution in [3.05, 3.63) is 0 Å². The van der Waals surface area contributed by atoms with Gasteiger partial charge in [0.1, 0.15) is 5.54 Å². The first kappa shape index (κ1) is 17.4. The summed E-state index contributed by atoms with van der Waals surface area (Å²) in [4.78, 5) is 12.0. The average Bonchev–Trinajstić information content (AvgIpc) is 2.50. The minimum Gasteiger partial charge on any atom is -0.468 e. The number of nitrogens with one attached hydrogen (secondary N) is 1. The van der Waals surface area contributed by atoms with Gasteiger partial charge in [0.25, 0.3) is 0 Å². The second-order valence-electron chi connectivity index (χ2n) is 6.12. The SMILES string of the molecule is CCCNC(C)(COC1CCCC(CC)C1)C(=O)OC. The number of hydrogen-bond donors (Lipinski definition) is 1. The number of rotatable bonds is 8. The molecule has 0 saturated heterocycles. The number of hydrogen-bond acceptors (Lipinski definition) is 4. The molecule has 1 aliphatic rings. The molecule has 0 heterocycles. The maximum Gasteiger partial charge on any atom is 0.328 e. The Morgan fingerprint density at radius 1 is 1.35 bits per heavy atom. The number of esters is 1. The van der Waals surface area contributed by atoms with E-state index in [1.165, 1.54) is 26.4 Å². The van der Waals surface area contributed by atoms with Gasteiger partial charge in [-0.1, -0.05) is 33.1 Å². The molecule has 0 spiro atoms. The van der Waals surface area contributed by atoms with Crippen LogP contribution in [-0.2, 0) is 14.3 Å². The highest BCUT2D eigenvalue weighted by atomic mass is 16.5. The van der Waals surface area contributed by atoms with Crippen LogP contribution in [0, 0.1) is 5.92 Å². The van der Waals surface area contributed by atoms with Gasteiger partial charge in [-0.25, -0.2) is 4.79 Å². The van der Waals surface area contributed by atoms with Crippen LogP contribution in [0.2, 0.25) is 0 Å². The van der Waals surface area contributed by atoms with E-state index < -0.39 is 5.54 Å². The third kappa shape index (κ3) is 5.06. The van der Waals surface area contributed by atoms with Crippen LogP contribution in [0.3, 0.4) is 0 Å². The van der Waals surface area contributed by atoms with E-state index in [1.807, 2.05) is 6.92 Å². The molecule has 0 aromatic heterocycles. The van der Waals surface area contributed by atoms with Gasteiger partial charge in [-0.05, 0) is 38.6 Å². The minimum atomic E-state index is -0.732. The Hall–Kier alpha value is -0.610. The monoisotopic (exact) mass is 285 g/mol. The van der Waals surface area contributed by atoms with Gasteiger partial charge in [0.2, 0.25) is 0 Å². The largest absolute Gasteiger partial charge is 0.468 e. The molecule has 1 fully saturated rings. The maximum atomic E-state index is 12.0. The molecule has 3 unspecified atom stereocenters. The van der Waals surface area contributed by atoms with Crippen molar-refractivity contribution < 1.29 is 14.3 Å². The van der Waals surface area contributed by atoms with Crippen molar-refractivity contribution in [3.63, 3.8) is 0 Å². The Morgan fingerprint density at radius 2 is 2.10 bits per heavy atom. The molecular formula is C16H31NO3. The van der Waals surface area contributed by atoms with Crippen molar-refractivity contribution in [2.45, 2.75) is 70.9 Å². The third-order valence-electron chi connectivity index (χ3n) is 4.32. The van der Waals surface area contributed by atoms with Crippen LogP contribution in [0.15, 0.2) is 0 Å². The summed E-state index contributed by atoms with van der Waals surface area (Å²) in [5, 5.41) is 3.26. The molecule has 4 heteroatoms. The summed E-state index contributed by atoms with van der Waals surface area (Å²) < 4.78 is 11.0. The lowest BCUT2D eigenvalue weighted by Crippen LogP contribution is -2.54. The molecule has 1 saturated carbocycles. The van der Waals surface area contributed by atoms with Crippen molar-refractivity contribution in [1.29, 1.82) is 0 Å². The highest BCUT2D eigenvalue weighted by Gasteiger charge is 2.35. The van der Waals surface area contributed by atoms with Crippen LogP contribution in [0.25, 0.3) is 0 Å². The second kappa shape index (κ2) is 8.63. The topological polar surface area (TPSA) is 47.6 Å². The summed E-state index contributed by atoms with van der Waals surface area (Å²) in [6, 6.07) is 0. The van der Waals surface area contributed by atoms with E-state index in [1.54, 1.807) is 0 Å². The van der Waals surface area contributed by atoms with Gasteiger partial charge in [0, 0.05) is 0 Å². The van der Waals surface area contributed by atoms with Crippen molar-refractivity contribution in [2.75, 3.05) is 20.3 Å². The molecule has 0 amide bonds. The predicted octanol–water partition coefficient (Wildman–Crippen LogP) is 2.90. The summed E-state index contributed by atoms with van der Waals surface area (Å²) >= 11 is 0. The highest BCUT2D eigenvalue weighted by molar-refractivity contribution is 5.80. The second-order valence-corrected chi connectivity index (χ2v) is 6.12. The van der Waals surface area contributed by atoms with Crippen molar-refractivity contribution in [1.82, 2.24) is 5.32 Å². The molecule has 0 aromatic carbocycles. The van der Waals surface area contributed by atoms with Crippen LogP contribution >= 0.6 is 0 Å². The Balaban J connectivity index is 2.50. The van der Waals surface area contributed by atoms with Gasteiger partial charge in [-0.2, -0.15) is 0 Å². The standard InChI is InChI=1S/C16H31NO3/c1-5-10-17-16(3,15(18)19-4)12-20-14-9-7-8-13(6-2)11-14/h13-14,17H,5-12H2,1-4H3. The summed E-state index contributed by atoms with van der Waals surface area (Å²) in [6.07, 6.45) is 7.29. The molecule has 3 atom stereocenters. The normalized spacial score (nSPS) is 26.0. The van der Waals surface area contributed by atoms with E-state index in [2.05, 4.69) is 19.2 Å². The van der Waals surface area contributed by atoms with E-state index >= 15 is 0 Å². The molecule has 118 valence electrons. The number of carbonyl (C=O) groups is 1. The molecule has 1 rings (SSSR count). The molecular weight excluding hydrogens is 254 g/mol. The van der Waals surface area contributed by atoms with Crippen molar-refractivity contribution in [3.8, 4) is 0 Å². The van der Waals surface area contributed by atoms with Crippen molar-refractivity contribution >= 4 is 5.97 Å². The Bertz CT molecular complexity index is 295. The van der Waals surface area contributed by atoms with Gasteiger partial charge >= 0.3 is 5.97 Å². The minimum absolute atomic E-state index is 0.242. The first-order valence-corrected chi connectivity index (χ1v) is 8.00. The zero-order valence-electron chi connectivity index (χ0n) is 13.5. The van der Waals surface area contributed by atoms with E-state index in [4.69, 9.17) is 9.47 Å². The fourth-order valence-corrected chi connectivity index (χ4v) is 2.86. The molecule has 0 aliphatic heterocycles. The Labute approximate surface area is 123 Å². The van der Waals surface area contributed by atoms with E-state index in [0.29, 0.717) is 12.7 Å². The molecule has 1 aliphatic carbocycles. The van der Waals surface area contributed by atoms with E-state index in [-0.39, 0.29) is 5.97 Å². The third-order valence-corrected chi connectivity index (χ3v) is 4.32. The Kier molecular flexibility index (Phi) is 7.52. The lowest BCUT2D eigenvalue weighted by molar-refractivity contribution is -0.152. The fourth-order valence-electron chi connectivity index (χ4n) is 2.86. The lowest BCUT2D eigenvalue weighted by atomic mass is 9.85. The van der Waals surface area contributed by atoms with Crippen LogP contribution in [0.1, 0.15) is 59.3 Å². The molecule has 20 heavy (non-hydrogen) atoms. The van der Waals surface area contributed by atoms with Crippen molar-refractivity contribution in [2.24, 2.45) is 5.92 Å². The Morgan fingerprint density at radius 3 is 2.70 bits per heavy atom. The van der Waals surface area contributed by atoms with Gasteiger partial charge < -0.3 is 14.8 Å². The van der Waals surface area contributed by atoms with Crippen LogP contribution < -0.4 is 5.32 Å². The molecule has 1 N–H and O–H groups in total. The number of ether oxygens (including phenoxy) is 2. The van der Waals surface area contributed by atoms with Gasteiger partial charge in [-0.3, -0.25) is 0 Å². The average molecular weight is 285 g/mol. The summed E-state index contributed by atoms with van der Waals surface area (Å²) in [5.41, 5.74) is -0.732. The van der Waals surface area contributed by atoms with E-state index in [0.717, 1.165) is 31.7 Å². The number of methoxy groups -OCH3 is 1. The quantitative estimate of drug-likeness (QED) is 0.697. The zero-order chi connectivity index (χ0) is 15.0. The first-order chi connectivity index (χ1) is 9.55. The number of carbonyl (C=O) groups excluding carboxylic acids is 1. The molecule has 0 radical (unpaired) electrons. The predicted molar refractivity (Wildman–Crippen MR) is 80.7 cm³/mol. The van der Waals surface area contributed by atoms with Crippen LogP contribution in [-0.4, -0.2) is 37.9 Å². The maximum absolute atomic E-state index is 12.0. The van der Waals surface area contributed by atoms with Gasteiger partial charge in [0.15, 0.2) is 0 Å². The smallest absolute Gasteiger partial charge is 0.328 e. The van der Waals surface area contributed by atoms with Crippen LogP contribution in [0.4, 0.5) is 0 Å². The van der Waals surface area contributed by atoms with Crippen LogP contribution in [0.5, 0.6) is 0 Å². The van der Waals surface area contributed by atoms with E-state index in [9.17, 15) is 4.79 Å². The molecule has 4 nitrogen and oxygen atoms in total. The van der Waals surface area contributed by atoms with Gasteiger partial charge in [0.05, 0.1) is 19.8 Å². The first-order valence-electron chi connectivity index (χ1n) is 8.00. The highest BCUT2D eigenvalue weighted by Crippen LogP contribution is 2.29. The summed E-state index contributed by atoms with van der Waals surface area (Å²) in [7, 11) is 1.43. The van der Waals surface area contributed by atoms with Gasteiger partial charge in [-0.15, -0.1) is 0 Å². The molecule has 0 bridgehead atoms. The fraction of sp³-hybridized carbons (Fsp3) is 0.938. The summed E-state index contributed by atoms with van der Waals surface area (Å²) in [5.74, 6) is 0.538. The molecule has 0 aromatic rings.